The lowest BCUT2D eigenvalue weighted by atomic mass is 10.5. The maximum absolute atomic E-state index is 11.3. The fourth-order valence-corrected chi connectivity index (χ4v) is 3.19. The maximum atomic E-state index is 11.3. The predicted octanol–water partition coefficient (Wildman–Crippen LogP) is 1.86. The second-order valence-electron chi connectivity index (χ2n) is 2.56. The van der Waals surface area contributed by atoms with Crippen LogP contribution in [0.15, 0.2) is 17.5 Å². The van der Waals surface area contributed by atoms with E-state index in [1.165, 1.54) is 4.31 Å². The van der Waals surface area contributed by atoms with Crippen LogP contribution >= 0.6 is 27.3 Å². The standard InChI is InChI=1S/C7H10BrNO2S2/c1-9(13(10,11)6-8)5-7-3-2-4-12-7/h2-4H,5-6H2,1H3. The summed E-state index contributed by atoms with van der Waals surface area (Å²) in [6, 6.07) is 3.83. The highest BCUT2D eigenvalue weighted by atomic mass is 79.9. The van der Waals surface area contributed by atoms with Crippen LogP contribution in [0.4, 0.5) is 0 Å². The molecule has 0 aromatic carbocycles. The number of sulfonamides is 1. The summed E-state index contributed by atoms with van der Waals surface area (Å²) in [5.74, 6) is 0. The zero-order chi connectivity index (χ0) is 9.90. The molecule has 0 radical (unpaired) electrons. The largest absolute Gasteiger partial charge is 0.224 e. The molecule has 0 aliphatic rings. The van der Waals surface area contributed by atoms with Gasteiger partial charge in [0.15, 0.2) is 0 Å². The first-order chi connectivity index (χ1) is 6.06. The Kier molecular flexibility index (Phi) is 3.90. The average Bonchev–Trinajstić information content (AvgIpc) is 2.57. The van der Waals surface area contributed by atoms with Gasteiger partial charge in [-0.15, -0.1) is 11.3 Å². The van der Waals surface area contributed by atoms with Gasteiger partial charge in [-0.2, -0.15) is 4.31 Å². The van der Waals surface area contributed by atoms with Crippen LogP contribution in [-0.2, 0) is 16.6 Å². The minimum Gasteiger partial charge on any atom is -0.211 e. The highest BCUT2D eigenvalue weighted by Crippen LogP contribution is 2.13. The molecule has 1 rings (SSSR count). The molecule has 0 atom stereocenters. The molecule has 1 aromatic heterocycles. The molecule has 0 unspecified atom stereocenters. The molecule has 13 heavy (non-hydrogen) atoms. The Hall–Kier alpha value is 0.0900. The second-order valence-corrected chi connectivity index (χ2v) is 6.97. The van der Waals surface area contributed by atoms with Gasteiger partial charge in [0.05, 0.1) is 0 Å². The summed E-state index contributed by atoms with van der Waals surface area (Å²) in [7, 11) is -1.54. The lowest BCUT2D eigenvalue weighted by Gasteiger charge is -2.13. The van der Waals surface area contributed by atoms with E-state index < -0.39 is 10.0 Å². The molecule has 0 spiro atoms. The smallest absolute Gasteiger partial charge is 0.211 e. The summed E-state index contributed by atoms with van der Waals surface area (Å²) in [5, 5.41) is 1.93. The van der Waals surface area contributed by atoms with E-state index in [4.69, 9.17) is 0 Å². The molecule has 3 nitrogen and oxygen atoms in total. The van der Waals surface area contributed by atoms with Crippen LogP contribution in [0.5, 0.6) is 0 Å². The number of nitrogens with zero attached hydrogens (tertiary/aromatic N) is 1. The van der Waals surface area contributed by atoms with Crippen molar-refractivity contribution in [2.45, 2.75) is 6.54 Å². The Morgan fingerprint density at radius 2 is 2.31 bits per heavy atom. The van der Waals surface area contributed by atoms with Crippen molar-refractivity contribution >= 4 is 37.3 Å². The number of thiophene rings is 1. The molecule has 0 amide bonds. The Bertz CT molecular complexity index is 347. The van der Waals surface area contributed by atoms with Crippen molar-refractivity contribution in [1.82, 2.24) is 4.31 Å². The molecular formula is C7H10BrNO2S2. The third kappa shape index (κ3) is 3.05. The highest BCUT2D eigenvalue weighted by molar-refractivity contribution is 9.10. The SMILES string of the molecule is CN(Cc1cccs1)S(=O)(=O)CBr. The van der Waals surface area contributed by atoms with Gasteiger partial charge in [-0.25, -0.2) is 8.42 Å². The summed E-state index contributed by atoms with van der Waals surface area (Å²) in [4.78, 5) is 1.05. The summed E-state index contributed by atoms with van der Waals surface area (Å²) in [6.45, 7) is 0.450. The lowest BCUT2D eigenvalue weighted by molar-refractivity contribution is 0.474. The summed E-state index contributed by atoms with van der Waals surface area (Å²) in [5.41, 5.74) is 0. The molecule has 0 N–H and O–H groups in total. The van der Waals surface area contributed by atoms with E-state index in [2.05, 4.69) is 15.9 Å². The molecule has 1 heterocycles. The molecular weight excluding hydrogens is 274 g/mol. The number of halogens is 1. The van der Waals surface area contributed by atoms with Gasteiger partial charge in [0.25, 0.3) is 0 Å². The van der Waals surface area contributed by atoms with E-state index in [0.29, 0.717) is 6.54 Å². The van der Waals surface area contributed by atoms with Crippen molar-refractivity contribution in [2.24, 2.45) is 0 Å². The molecule has 6 heteroatoms. The minimum atomic E-state index is -3.12. The van der Waals surface area contributed by atoms with E-state index in [1.807, 2.05) is 17.5 Å². The van der Waals surface area contributed by atoms with Gasteiger partial charge in [0, 0.05) is 18.5 Å². The number of hydrogen-bond donors (Lipinski definition) is 0. The third-order valence-corrected chi connectivity index (χ3v) is 5.52. The van der Waals surface area contributed by atoms with Gasteiger partial charge in [0.2, 0.25) is 10.0 Å². The predicted molar refractivity (Wildman–Crippen MR) is 58.5 cm³/mol. The molecule has 0 aliphatic heterocycles. The monoisotopic (exact) mass is 283 g/mol. The zero-order valence-corrected chi connectivity index (χ0v) is 10.3. The van der Waals surface area contributed by atoms with Gasteiger partial charge in [0.1, 0.15) is 4.66 Å². The summed E-state index contributed by atoms with van der Waals surface area (Å²) in [6.07, 6.45) is 0. The molecule has 0 saturated carbocycles. The van der Waals surface area contributed by atoms with Crippen LogP contribution in [0.2, 0.25) is 0 Å². The van der Waals surface area contributed by atoms with E-state index in [-0.39, 0.29) is 4.66 Å². The number of hydrogen-bond acceptors (Lipinski definition) is 3. The summed E-state index contributed by atoms with van der Waals surface area (Å²) >= 11 is 4.51. The molecule has 0 saturated heterocycles. The normalized spacial score (nSPS) is 12.2. The van der Waals surface area contributed by atoms with Gasteiger partial charge < -0.3 is 0 Å². The third-order valence-electron chi connectivity index (χ3n) is 1.57. The van der Waals surface area contributed by atoms with E-state index in [0.717, 1.165) is 4.88 Å². The number of rotatable bonds is 4. The van der Waals surface area contributed by atoms with Crippen molar-refractivity contribution in [3.8, 4) is 0 Å². The van der Waals surface area contributed by atoms with E-state index in [9.17, 15) is 8.42 Å². The fraction of sp³-hybridized carbons (Fsp3) is 0.429. The Morgan fingerprint density at radius 3 is 2.77 bits per heavy atom. The maximum Gasteiger partial charge on any atom is 0.224 e. The minimum absolute atomic E-state index is 0.0259. The van der Waals surface area contributed by atoms with Crippen LogP contribution in [0.25, 0.3) is 0 Å². The zero-order valence-electron chi connectivity index (χ0n) is 7.10. The van der Waals surface area contributed by atoms with Crippen molar-refractivity contribution in [3.05, 3.63) is 22.4 Å². The van der Waals surface area contributed by atoms with Gasteiger partial charge >= 0.3 is 0 Å². The van der Waals surface area contributed by atoms with Crippen molar-refractivity contribution in [2.75, 3.05) is 11.7 Å². The first kappa shape index (κ1) is 11.2. The van der Waals surface area contributed by atoms with Crippen LogP contribution < -0.4 is 0 Å². The average molecular weight is 284 g/mol. The second kappa shape index (κ2) is 4.54. The molecule has 0 fully saturated rings. The molecule has 1 aromatic rings. The van der Waals surface area contributed by atoms with Crippen LogP contribution in [0.1, 0.15) is 4.88 Å². The fourth-order valence-electron chi connectivity index (χ4n) is 0.804. The first-order valence-electron chi connectivity index (χ1n) is 3.58. The quantitative estimate of drug-likeness (QED) is 0.791. The van der Waals surface area contributed by atoms with Crippen molar-refractivity contribution < 1.29 is 8.42 Å². The van der Waals surface area contributed by atoms with Crippen LogP contribution in [0, 0.1) is 0 Å². The topological polar surface area (TPSA) is 37.4 Å². The van der Waals surface area contributed by atoms with Gasteiger partial charge in [-0.05, 0) is 11.4 Å². The van der Waals surface area contributed by atoms with Crippen LogP contribution in [-0.4, -0.2) is 24.4 Å². The Balaban J connectivity index is 2.66. The van der Waals surface area contributed by atoms with E-state index >= 15 is 0 Å². The van der Waals surface area contributed by atoms with Crippen molar-refractivity contribution in [1.29, 1.82) is 0 Å². The van der Waals surface area contributed by atoms with Gasteiger partial charge in [-0.1, -0.05) is 22.0 Å². The lowest BCUT2D eigenvalue weighted by Crippen LogP contribution is -2.26. The Morgan fingerprint density at radius 1 is 1.62 bits per heavy atom. The molecule has 0 bridgehead atoms. The number of alkyl halides is 1. The highest BCUT2D eigenvalue weighted by Gasteiger charge is 2.15. The van der Waals surface area contributed by atoms with E-state index in [1.54, 1.807) is 18.4 Å². The summed E-state index contributed by atoms with van der Waals surface area (Å²) < 4.78 is 23.9. The molecule has 74 valence electrons. The Labute approximate surface area is 90.6 Å². The molecule has 0 aliphatic carbocycles. The van der Waals surface area contributed by atoms with Crippen LogP contribution in [0.3, 0.4) is 0 Å². The first-order valence-corrected chi connectivity index (χ1v) is 7.19. The van der Waals surface area contributed by atoms with Crippen molar-refractivity contribution in [3.63, 3.8) is 0 Å². The van der Waals surface area contributed by atoms with Gasteiger partial charge in [-0.3, -0.25) is 0 Å².